The van der Waals surface area contributed by atoms with Gasteiger partial charge in [0, 0.05) is 36.0 Å². The molecule has 30 heavy (non-hydrogen) atoms. The minimum absolute atomic E-state index is 0.314. The summed E-state index contributed by atoms with van der Waals surface area (Å²) in [7, 11) is 1.68. The lowest BCUT2D eigenvalue weighted by Crippen LogP contribution is -2.12. The normalized spacial score (nSPS) is 15.0. The average Bonchev–Trinajstić information content (AvgIpc) is 3.47. The molecule has 1 atom stereocenters. The summed E-state index contributed by atoms with van der Waals surface area (Å²) >= 11 is 0. The number of hydrogen-bond donors (Lipinski definition) is 0. The minimum atomic E-state index is 0.314. The number of nitrogens with zero attached hydrogens (tertiary/aromatic N) is 5. The molecule has 0 bridgehead atoms. The first-order valence-corrected chi connectivity index (χ1v) is 9.93. The third kappa shape index (κ3) is 2.87. The fourth-order valence-electron chi connectivity index (χ4n) is 4.35. The second kappa shape index (κ2) is 7.20. The molecule has 0 spiro atoms. The molecule has 5 rings (SSSR count). The third-order valence-electron chi connectivity index (χ3n) is 5.79. The zero-order chi connectivity index (χ0) is 20.7. The molecule has 4 aromatic rings. The summed E-state index contributed by atoms with van der Waals surface area (Å²) in [5, 5.41) is 14.2. The van der Waals surface area contributed by atoms with Crippen LogP contribution in [0.15, 0.2) is 60.9 Å². The Hall–Kier alpha value is -3.85. The van der Waals surface area contributed by atoms with Gasteiger partial charge in [-0.05, 0) is 37.6 Å². The first-order chi connectivity index (χ1) is 14.7. The van der Waals surface area contributed by atoms with Crippen molar-refractivity contribution in [3.05, 3.63) is 83.6 Å². The number of aryl methyl sites for hydroxylation is 1. The fourth-order valence-corrected chi connectivity index (χ4v) is 4.35. The first-order valence-electron chi connectivity index (χ1n) is 9.93. The van der Waals surface area contributed by atoms with Crippen LogP contribution < -0.4 is 4.74 Å². The zero-order valence-corrected chi connectivity index (χ0v) is 16.9. The Bertz CT molecular complexity index is 1260. The number of imidazole rings is 1. The number of rotatable bonds is 4. The van der Waals surface area contributed by atoms with E-state index in [1.807, 2.05) is 72.5 Å². The van der Waals surface area contributed by atoms with Gasteiger partial charge in [-0.3, -0.25) is 0 Å². The lowest BCUT2D eigenvalue weighted by molar-refractivity contribution is 0.411. The van der Waals surface area contributed by atoms with E-state index in [2.05, 4.69) is 15.6 Å². The van der Waals surface area contributed by atoms with E-state index in [4.69, 9.17) is 9.84 Å². The molecule has 0 radical (unpaired) electrons. The highest BCUT2D eigenvalue weighted by Crippen LogP contribution is 2.40. The molecule has 0 amide bonds. The summed E-state index contributed by atoms with van der Waals surface area (Å²) in [5.41, 5.74) is 5.98. The Labute approximate surface area is 175 Å². The van der Waals surface area contributed by atoms with E-state index >= 15 is 0 Å². The summed E-state index contributed by atoms with van der Waals surface area (Å²) in [4.78, 5) is 4.39. The highest BCUT2D eigenvalue weighted by molar-refractivity contribution is 5.70. The molecule has 6 nitrogen and oxygen atoms in total. The van der Waals surface area contributed by atoms with Gasteiger partial charge in [0.2, 0.25) is 0 Å². The molecular weight excluding hydrogens is 374 g/mol. The van der Waals surface area contributed by atoms with Crippen LogP contribution in [-0.2, 0) is 12.8 Å². The van der Waals surface area contributed by atoms with Crippen molar-refractivity contribution in [1.82, 2.24) is 19.3 Å². The van der Waals surface area contributed by atoms with Crippen LogP contribution in [-0.4, -0.2) is 26.4 Å². The molecule has 0 N–H and O–H groups in total. The minimum Gasteiger partial charge on any atom is -0.494 e. The largest absolute Gasteiger partial charge is 0.494 e. The summed E-state index contributed by atoms with van der Waals surface area (Å²) < 4.78 is 9.83. The first kappa shape index (κ1) is 18.2. The topological polar surface area (TPSA) is 68.7 Å². The van der Waals surface area contributed by atoms with E-state index in [0.717, 1.165) is 47.1 Å². The molecule has 0 saturated heterocycles. The van der Waals surface area contributed by atoms with Crippen molar-refractivity contribution < 1.29 is 4.74 Å². The molecule has 6 heteroatoms. The van der Waals surface area contributed by atoms with Gasteiger partial charge in [0.15, 0.2) is 0 Å². The van der Waals surface area contributed by atoms with Crippen molar-refractivity contribution in [2.45, 2.75) is 25.8 Å². The quantitative estimate of drug-likeness (QED) is 0.518. The fraction of sp³-hybridized carbons (Fsp3) is 0.208. The van der Waals surface area contributed by atoms with Crippen molar-refractivity contribution >= 4 is 0 Å². The highest BCUT2D eigenvalue weighted by atomic mass is 16.5. The summed E-state index contributed by atoms with van der Waals surface area (Å²) in [6.45, 7) is 2.03. The number of para-hydroxylation sites is 2. The van der Waals surface area contributed by atoms with Gasteiger partial charge in [-0.1, -0.05) is 24.3 Å². The van der Waals surface area contributed by atoms with Gasteiger partial charge in [-0.25, -0.2) is 9.67 Å². The number of nitriles is 1. The zero-order valence-electron chi connectivity index (χ0n) is 16.9. The molecule has 0 saturated carbocycles. The van der Waals surface area contributed by atoms with Crippen LogP contribution >= 0.6 is 0 Å². The second-order valence-corrected chi connectivity index (χ2v) is 7.49. The maximum Gasteiger partial charge on any atom is 0.144 e. The number of aromatic nitrogens is 4. The van der Waals surface area contributed by atoms with E-state index in [1.165, 1.54) is 5.56 Å². The van der Waals surface area contributed by atoms with Crippen LogP contribution in [0.25, 0.3) is 16.9 Å². The predicted molar refractivity (Wildman–Crippen MR) is 114 cm³/mol. The lowest BCUT2D eigenvalue weighted by atomic mass is 10.0. The summed E-state index contributed by atoms with van der Waals surface area (Å²) in [6, 6.07) is 18.1. The Morgan fingerprint density at radius 2 is 1.90 bits per heavy atom. The molecule has 2 aromatic carbocycles. The average molecular weight is 395 g/mol. The van der Waals surface area contributed by atoms with Gasteiger partial charge in [0.1, 0.15) is 17.3 Å². The third-order valence-corrected chi connectivity index (χ3v) is 5.79. The number of fused-ring (bicyclic) bond motifs is 1. The number of hydrogen-bond acceptors (Lipinski definition) is 4. The van der Waals surface area contributed by atoms with E-state index in [-0.39, 0.29) is 0 Å². The van der Waals surface area contributed by atoms with Crippen LogP contribution in [0.2, 0.25) is 0 Å². The monoisotopic (exact) mass is 395 g/mol. The van der Waals surface area contributed by atoms with E-state index in [0.29, 0.717) is 11.6 Å². The second-order valence-electron chi connectivity index (χ2n) is 7.49. The molecule has 0 aliphatic heterocycles. The molecule has 0 fully saturated rings. The van der Waals surface area contributed by atoms with Crippen LogP contribution in [0.3, 0.4) is 0 Å². The van der Waals surface area contributed by atoms with Crippen molar-refractivity contribution in [2.24, 2.45) is 0 Å². The van der Waals surface area contributed by atoms with Crippen molar-refractivity contribution in [1.29, 1.82) is 5.26 Å². The van der Waals surface area contributed by atoms with Gasteiger partial charge >= 0.3 is 0 Å². The van der Waals surface area contributed by atoms with Gasteiger partial charge in [-0.15, -0.1) is 0 Å². The highest BCUT2D eigenvalue weighted by Gasteiger charge is 2.32. The number of ether oxygens (including phenoxy) is 1. The van der Waals surface area contributed by atoms with Crippen molar-refractivity contribution in [3.63, 3.8) is 0 Å². The maximum absolute atomic E-state index is 9.19. The Kier molecular flexibility index (Phi) is 4.36. The van der Waals surface area contributed by atoms with Gasteiger partial charge in [0.05, 0.1) is 30.1 Å². The van der Waals surface area contributed by atoms with Crippen LogP contribution in [0, 0.1) is 18.3 Å². The van der Waals surface area contributed by atoms with E-state index in [9.17, 15) is 5.26 Å². The van der Waals surface area contributed by atoms with Crippen LogP contribution in [0.1, 0.15) is 28.7 Å². The van der Waals surface area contributed by atoms with E-state index < -0.39 is 0 Å². The maximum atomic E-state index is 9.19. The van der Waals surface area contributed by atoms with Crippen molar-refractivity contribution in [2.75, 3.05) is 7.11 Å². The number of benzene rings is 2. The summed E-state index contributed by atoms with van der Waals surface area (Å²) in [6.07, 6.45) is 5.64. The predicted octanol–water partition coefficient (Wildman–Crippen LogP) is 4.26. The SMILES string of the molecule is COc1ccccc1-n1nc2c(c1-c1ccc(C#N)cc1)C[C@H](n1ccnc1C)C2. The smallest absolute Gasteiger partial charge is 0.144 e. The molecule has 0 unspecified atom stereocenters. The van der Waals surface area contributed by atoms with Gasteiger partial charge in [0.25, 0.3) is 0 Å². The van der Waals surface area contributed by atoms with Gasteiger partial charge in [-0.2, -0.15) is 10.4 Å². The molecular formula is C24H21N5O. The van der Waals surface area contributed by atoms with Gasteiger partial charge < -0.3 is 9.30 Å². The molecule has 1 aliphatic carbocycles. The molecule has 2 heterocycles. The van der Waals surface area contributed by atoms with Crippen LogP contribution in [0.5, 0.6) is 5.75 Å². The van der Waals surface area contributed by atoms with E-state index in [1.54, 1.807) is 7.11 Å². The standard InChI is InChI=1S/C24H21N5O/c1-16-26-11-12-28(16)19-13-20-21(14-19)27-29(22-5-3-4-6-23(22)30-2)24(20)18-9-7-17(15-25)8-10-18/h3-12,19H,13-14H2,1-2H3/t19-/m0/s1. The Morgan fingerprint density at radius 1 is 1.10 bits per heavy atom. The van der Waals surface area contributed by atoms with Crippen molar-refractivity contribution in [3.8, 4) is 28.8 Å². The Morgan fingerprint density at radius 3 is 2.60 bits per heavy atom. The molecule has 148 valence electrons. The number of methoxy groups -OCH3 is 1. The summed E-state index contributed by atoms with van der Waals surface area (Å²) in [5.74, 6) is 1.79. The molecule has 2 aromatic heterocycles. The lowest BCUT2D eigenvalue weighted by Gasteiger charge is -2.16. The van der Waals surface area contributed by atoms with Crippen LogP contribution in [0.4, 0.5) is 0 Å². The Balaban J connectivity index is 1.66. The molecule has 1 aliphatic rings.